The summed E-state index contributed by atoms with van der Waals surface area (Å²) in [6.45, 7) is 11.6. The van der Waals surface area contributed by atoms with Gasteiger partial charge >= 0.3 is 5.97 Å². The maximum Gasteiger partial charge on any atom is 0.331 e. The summed E-state index contributed by atoms with van der Waals surface area (Å²) in [4.78, 5) is 13.3. The number of esters is 1. The summed E-state index contributed by atoms with van der Waals surface area (Å²) in [5.74, 6) is -0.334. The maximum atomic E-state index is 11.1. The topological polar surface area (TPSA) is 29.5 Å². The van der Waals surface area contributed by atoms with Crippen molar-refractivity contribution in [3.8, 4) is 0 Å². The number of carbonyl (C=O) groups excluding carboxylic acids is 1. The smallest absolute Gasteiger partial charge is 0.331 e. The normalized spacial score (nSPS) is 12.5. The van der Waals surface area contributed by atoms with Gasteiger partial charge in [0.2, 0.25) is 0 Å². The molecular formula is C12H23NO2. The Kier molecular flexibility index (Phi) is 8.01. The van der Waals surface area contributed by atoms with E-state index in [1.54, 1.807) is 0 Å². The van der Waals surface area contributed by atoms with E-state index in [9.17, 15) is 4.79 Å². The lowest BCUT2D eigenvalue weighted by Crippen LogP contribution is -2.39. The van der Waals surface area contributed by atoms with E-state index in [1.165, 1.54) is 6.08 Å². The molecule has 0 aliphatic carbocycles. The van der Waals surface area contributed by atoms with Crippen LogP contribution < -0.4 is 0 Å². The fourth-order valence-corrected chi connectivity index (χ4v) is 1.57. The van der Waals surface area contributed by atoms with Crippen LogP contribution in [0.5, 0.6) is 0 Å². The van der Waals surface area contributed by atoms with E-state index in [0.29, 0.717) is 0 Å². The number of nitrogens with zero attached hydrogens (tertiary/aromatic N) is 1. The van der Waals surface area contributed by atoms with Crippen molar-refractivity contribution < 1.29 is 9.53 Å². The summed E-state index contributed by atoms with van der Waals surface area (Å²) >= 11 is 0. The molecule has 0 bridgehead atoms. The summed E-state index contributed by atoms with van der Waals surface area (Å²) in [5.41, 5.74) is 0. The largest absolute Gasteiger partial charge is 0.443 e. The van der Waals surface area contributed by atoms with Crippen LogP contribution in [0.25, 0.3) is 0 Å². The molecule has 0 heterocycles. The first-order chi connectivity index (χ1) is 7.19. The Bertz CT molecular complexity index is 186. The highest BCUT2D eigenvalue weighted by molar-refractivity contribution is 5.81. The number of rotatable bonds is 8. The predicted octanol–water partition coefficient (Wildman–Crippen LogP) is 2.57. The lowest BCUT2D eigenvalue weighted by molar-refractivity contribution is -0.153. The highest BCUT2D eigenvalue weighted by atomic mass is 16.6. The minimum Gasteiger partial charge on any atom is -0.443 e. The van der Waals surface area contributed by atoms with Crippen LogP contribution in [-0.4, -0.2) is 30.2 Å². The predicted molar refractivity (Wildman–Crippen MR) is 62.5 cm³/mol. The highest BCUT2D eigenvalue weighted by Crippen LogP contribution is 2.08. The molecule has 0 aliphatic rings. The second-order valence-electron chi connectivity index (χ2n) is 3.54. The number of hydrogen-bond acceptors (Lipinski definition) is 3. The lowest BCUT2D eigenvalue weighted by atomic mass is 10.3. The van der Waals surface area contributed by atoms with Gasteiger partial charge in [0.05, 0.1) is 0 Å². The van der Waals surface area contributed by atoms with Crippen LogP contribution >= 0.6 is 0 Å². The van der Waals surface area contributed by atoms with Gasteiger partial charge in [-0.25, -0.2) is 4.79 Å². The summed E-state index contributed by atoms with van der Waals surface area (Å²) in [6.07, 6.45) is 4.08. The van der Waals surface area contributed by atoms with Crippen molar-refractivity contribution in [1.82, 2.24) is 4.90 Å². The summed E-state index contributed by atoms with van der Waals surface area (Å²) in [7, 11) is 0. The molecule has 0 saturated carbocycles. The second kappa shape index (κ2) is 8.48. The van der Waals surface area contributed by atoms with Gasteiger partial charge in [0, 0.05) is 19.2 Å². The summed E-state index contributed by atoms with van der Waals surface area (Å²) in [6, 6.07) is 0. The van der Waals surface area contributed by atoms with Crippen molar-refractivity contribution in [2.45, 2.75) is 46.3 Å². The molecule has 1 atom stereocenters. The van der Waals surface area contributed by atoms with Crippen molar-refractivity contribution in [2.75, 3.05) is 13.1 Å². The van der Waals surface area contributed by atoms with Crippen molar-refractivity contribution in [3.05, 3.63) is 12.7 Å². The van der Waals surface area contributed by atoms with Crippen molar-refractivity contribution in [2.24, 2.45) is 0 Å². The SMILES string of the molecule is C=CC(=O)OC(CC)N(CCC)CCC. The molecular weight excluding hydrogens is 190 g/mol. The molecule has 0 aromatic heterocycles. The fraction of sp³-hybridized carbons (Fsp3) is 0.750. The Morgan fingerprint density at radius 2 is 1.87 bits per heavy atom. The molecule has 0 fully saturated rings. The zero-order valence-electron chi connectivity index (χ0n) is 10.2. The molecule has 3 heteroatoms. The van der Waals surface area contributed by atoms with E-state index in [1.807, 2.05) is 6.92 Å². The van der Waals surface area contributed by atoms with Crippen LogP contribution in [-0.2, 0) is 9.53 Å². The molecule has 15 heavy (non-hydrogen) atoms. The Morgan fingerprint density at radius 1 is 1.33 bits per heavy atom. The van der Waals surface area contributed by atoms with Crippen LogP contribution in [0.2, 0.25) is 0 Å². The molecule has 0 spiro atoms. The van der Waals surface area contributed by atoms with Gasteiger partial charge in [-0.3, -0.25) is 4.90 Å². The van der Waals surface area contributed by atoms with Gasteiger partial charge in [0.25, 0.3) is 0 Å². The van der Waals surface area contributed by atoms with Gasteiger partial charge in [-0.15, -0.1) is 0 Å². The number of ether oxygens (including phenoxy) is 1. The summed E-state index contributed by atoms with van der Waals surface area (Å²) in [5, 5.41) is 0. The maximum absolute atomic E-state index is 11.1. The number of hydrogen-bond donors (Lipinski definition) is 0. The molecule has 0 aromatic rings. The average molecular weight is 213 g/mol. The van der Waals surface area contributed by atoms with E-state index < -0.39 is 0 Å². The van der Waals surface area contributed by atoms with E-state index in [0.717, 1.165) is 32.4 Å². The molecule has 88 valence electrons. The fourth-order valence-electron chi connectivity index (χ4n) is 1.57. The van der Waals surface area contributed by atoms with E-state index >= 15 is 0 Å². The minimum absolute atomic E-state index is 0.101. The van der Waals surface area contributed by atoms with Crippen molar-refractivity contribution in [3.63, 3.8) is 0 Å². The number of carbonyl (C=O) groups is 1. The molecule has 0 amide bonds. The first-order valence-corrected chi connectivity index (χ1v) is 5.76. The van der Waals surface area contributed by atoms with Gasteiger partial charge in [-0.2, -0.15) is 0 Å². The molecule has 1 unspecified atom stereocenters. The molecule has 0 saturated heterocycles. The molecule has 0 N–H and O–H groups in total. The Balaban J connectivity index is 4.28. The minimum atomic E-state index is -0.334. The van der Waals surface area contributed by atoms with Crippen LogP contribution in [0.4, 0.5) is 0 Å². The van der Waals surface area contributed by atoms with Crippen molar-refractivity contribution >= 4 is 5.97 Å². The Hall–Kier alpha value is -0.830. The molecule has 0 aromatic carbocycles. The third kappa shape index (κ3) is 5.57. The summed E-state index contributed by atoms with van der Waals surface area (Å²) < 4.78 is 5.28. The lowest BCUT2D eigenvalue weighted by Gasteiger charge is -2.29. The monoisotopic (exact) mass is 213 g/mol. The standard InChI is InChI=1S/C12H23NO2/c1-5-9-13(10-6-2)11(7-3)15-12(14)8-4/h8,11H,4-7,9-10H2,1-3H3. The Morgan fingerprint density at radius 3 is 2.20 bits per heavy atom. The average Bonchev–Trinajstić information content (AvgIpc) is 2.25. The molecule has 0 aliphatic heterocycles. The third-order valence-corrected chi connectivity index (χ3v) is 2.20. The first kappa shape index (κ1) is 14.2. The van der Waals surface area contributed by atoms with Crippen molar-refractivity contribution in [1.29, 1.82) is 0 Å². The van der Waals surface area contributed by atoms with Gasteiger partial charge in [0.15, 0.2) is 6.23 Å². The highest BCUT2D eigenvalue weighted by Gasteiger charge is 2.17. The van der Waals surface area contributed by atoms with E-state index in [4.69, 9.17) is 4.74 Å². The molecule has 3 nitrogen and oxygen atoms in total. The molecule has 0 radical (unpaired) electrons. The van der Waals surface area contributed by atoms with Gasteiger partial charge in [-0.05, 0) is 19.3 Å². The van der Waals surface area contributed by atoms with Gasteiger partial charge in [0.1, 0.15) is 0 Å². The quantitative estimate of drug-likeness (QED) is 0.352. The zero-order valence-corrected chi connectivity index (χ0v) is 10.2. The van der Waals surface area contributed by atoms with Gasteiger partial charge < -0.3 is 4.74 Å². The van der Waals surface area contributed by atoms with Crippen LogP contribution in [0.1, 0.15) is 40.0 Å². The van der Waals surface area contributed by atoms with Crippen LogP contribution in [0.15, 0.2) is 12.7 Å². The third-order valence-electron chi connectivity index (χ3n) is 2.20. The van der Waals surface area contributed by atoms with E-state index in [-0.39, 0.29) is 12.2 Å². The molecule has 0 rings (SSSR count). The zero-order chi connectivity index (χ0) is 11.7. The van der Waals surface area contributed by atoms with Crippen LogP contribution in [0, 0.1) is 0 Å². The first-order valence-electron chi connectivity index (χ1n) is 5.76. The Labute approximate surface area is 93.1 Å². The van der Waals surface area contributed by atoms with Crippen LogP contribution in [0.3, 0.4) is 0 Å². The second-order valence-corrected chi connectivity index (χ2v) is 3.54. The van der Waals surface area contributed by atoms with E-state index in [2.05, 4.69) is 25.3 Å². The van der Waals surface area contributed by atoms with Gasteiger partial charge in [-0.1, -0.05) is 27.4 Å².